The van der Waals surface area contributed by atoms with Crippen molar-refractivity contribution in [3.63, 3.8) is 0 Å². The summed E-state index contributed by atoms with van der Waals surface area (Å²) in [5, 5.41) is 4.81. The van der Waals surface area contributed by atoms with Gasteiger partial charge in [0.2, 0.25) is 0 Å². The van der Waals surface area contributed by atoms with Crippen LogP contribution in [0.2, 0.25) is 0 Å². The molecule has 6 rings (SSSR count). The molecule has 0 bridgehead atoms. The van der Waals surface area contributed by atoms with E-state index < -0.39 is 0 Å². The van der Waals surface area contributed by atoms with Gasteiger partial charge in [0, 0.05) is 10.9 Å². The summed E-state index contributed by atoms with van der Waals surface area (Å²) in [7, 11) is 3.42. The first-order valence-corrected chi connectivity index (χ1v) is 16.0. The minimum absolute atomic E-state index is 0.491. The topological polar surface area (TPSA) is 36.9 Å². The lowest BCUT2D eigenvalue weighted by Gasteiger charge is -2.21. The van der Waals surface area contributed by atoms with Gasteiger partial charge in [-0.05, 0) is 103 Å². The Morgan fingerprint density at radius 3 is 1.71 bits per heavy atom. The summed E-state index contributed by atoms with van der Waals surface area (Å²) in [6, 6.07) is 24.9. The second-order valence-corrected chi connectivity index (χ2v) is 11.1. The zero-order chi connectivity index (χ0) is 34.5. The summed E-state index contributed by atoms with van der Waals surface area (Å²) in [5.41, 5.74) is 10.2. The molecule has 5 aromatic rings. The zero-order valence-electron chi connectivity index (χ0n) is 29.4. The van der Waals surface area contributed by atoms with Crippen molar-refractivity contribution in [2.75, 3.05) is 27.4 Å². The number of benzene rings is 5. The normalized spacial score (nSPS) is 10.8. The summed E-state index contributed by atoms with van der Waals surface area (Å²) in [6.45, 7) is 14.5. The molecule has 4 heteroatoms. The summed E-state index contributed by atoms with van der Waals surface area (Å²) in [6.07, 6.45) is 0. The Labute approximate surface area is 286 Å². The molecular formula is C44H44O4. The van der Waals surface area contributed by atoms with Crippen molar-refractivity contribution in [3.05, 3.63) is 106 Å². The average molecular weight is 637 g/mol. The van der Waals surface area contributed by atoms with Gasteiger partial charge in [-0.1, -0.05) is 78.4 Å². The maximum Gasteiger partial charge on any atom is 0.135 e. The van der Waals surface area contributed by atoms with Crippen LogP contribution in [0.5, 0.6) is 11.5 Å². The summed E-state index contributed by atoms with van der Waals surface area (Å²) >= 11 is 0. The number of ether oxygens (including phenoxy) is 4. The van der Waals surface area contributed by atoms with Gasteiger partial charge >= 0.3 is 0 Å². The summed E-state index contributed by atoms with van der Waals surface area (Å²) < 4.78 is 21.8. The average Bonchev–Trinajstić information content (AvgIpc) is 3.62. The molecule has 0 spiro atoms. The molecular weight excluding hydrogens is 592 g/mol. The lowest BCUT2D eigenvalue weighted by Crippen LogP contribution is -2.02. The number of hydrogen-bond donors (Lipinski definition) is 0. The van der Waals surface area contributed by atoms with Crippen molar-refractivity contribution in [2.24, 2.45) is 0 Å². The maximum atomic E-state index is 5.75. The first-order valence-electron chi connectivity index (χ1n) is 16.0. The molecule has 4 nitrogen and oxygen atoms in total. The smallest absolute Gasteiger partial charge is 0.135 e. The quantitative estimate of drug-likeness (QED) is 0.142. The molecule has 0 unspecified atom stereocenters. The monoisotopic (exact) mass is 636 g/mol. The first kappa shape index (κ1) is 35.7. The van der Waals surface area contributed by atoms with E-state index in [2.05, 4.69) is 111 Å². The Morgan fingerprint density at radius 1 is 0.583 bits per heavy atom. The fraction of sp³-hybridized carbons (Fsp3) is 0.273. The van der Waals surface area contributed by atoms with E-state index in [1.807, 2.05) is 25.1 Å². The van der Waals surface area contributed by atoms with Crippen molar-refractivity contribution < 1.29 is 18.9 Å². The molecule has 0 amide bonds. The van der Waals surface area contributed by atoms with Crippen LogP contribution in [-0.2, 0) is 22.7 Å². The molecule has 0 radical (unpaired) electrons. The van der Waals surface area contributed by atoms with Gasteiger partial charge in [0.15, 0.2) is 0 Å². The van der Waals surface area contributed by atoms with Gasteiger partial charge in [0.05, 0.1) is 33.0 Å². The molecule has 1 aliphatic heterocycles. The summed E-state index contributed by atoms with van der Waals surface area (Å²) in [4.78, 5) is 0. The second kappa shape index (κ2) is 17.7. The molecule has 0 aromatic heterocycles. The highest BCUT2D eigenvalue weighted by Gasteiger charge is 2.24. The van der Waals surface area contributed by atoms with E-state index in [-0.39, 0.29) is 0 Å². The lowest BCUT2D eigenvalue weighted by atomic mass is 9.84. The zero-order valence-corrected chi connectivity index (χ0v) is 29.4. The van der Waals surface area contributed by atoms with Crippen LogP contribution in [0.1, 0.15) is 54.2 Å². The van der Waals surface area contributed by atoms with E-state index in [9.17, 15) is 0 Å². The van der Waals surface area contributed by atoms with Crippen LogP contribution in [0, 0.1) is 56.3 Å². The third-order valence-electron chi connectivity index (χ3n) is 8.50. The second-order valence-electron chi connectivity index (χ2n) is 11.1. The van der Waals surface area contributed by atoms with Gasteiger partial charge in [-0.25, -0.2) is 0 Å². The highest BCUT2D eigenvalue weighted by Crippen LogP contribution is 2.44. The van der Waals surface area contributed by atoms with E-state index in [4.69, 9.17) is 18.9 Å². The molecule has 0 aliphatic carbocycles. The van der Waals surface area contributed by atoms with Crippen molar-refractivity contribution >= 4 is 21.5 Å². The van der Waals surface area contributed by atoms with Crippen molar-refractivity contribution in [1.29, 1.82) is 0 Å². The van der Waals surface area contributed by atoms with Gasteiger partial charge in [-0.3, -0.25) is 0 Å². The van der Waals surface area contributed by atoms with Crippen LogP contribution in [0.25, 0.3) is 32.7 Å². The predicted octanol–water partition coefficient (Wildman–Crippen LogP) is 9.74. The number of hydrogen-bond acceptors (Lipinski definition) is 4. The van der Waals surface area contributed by atoms with Gasteiger partial charge in [-0.2, -0.15) is 0 Å². The van der Waals surface area contributed by atoms with Crippen molar-refractivity contribution in [2.45, 2.75) is 54.8 Å². The minimum Gasteiger partial charge on any atom is -0.496 e. The van der Waals surface area contributed by atoms with Crippen LogP contribution < -0.4 is 9.47 Å². The van der Waals surface area contributed by atoms with E-state index in [1.54, 1.807) is 28.1 Å². The van der Waals surface area contributed by atoms with E-state index >= 15 is 0 Å². The minimum atomic E-state index is 0.491. The van der Waals surface area contributed by atoms with Crippen LogP contribution in [0.3, 0.4) is 0 Å². The molecule has 48 heavy (non-hydrogen) atoms. The molecule has 1 heterocycles. The molecule has 0 saturated heterocycles. The Balaban J connectivity index is 0.000000185. The number of rotatable bonds is 5. The molecule has 0 atom stereocenters. The third-order valence-corrected chi connectivity index (χ3v) is 8.50. The number of fused-ring (bicyclic) bond motifs is 3. The van der Waals surface area contributed by atoms with Gasteiger partial charge in [0.1, 0.15) is 24.7 Å². The third kappa shape index (κ3) is 8.02. The van der Waals surface area contributed by atoms with Gasteiger partial charge in [-0.15, -0.1) is 17.8 Å². The fourth-order valence-corrected chi connectivity index (χ4v) is 5.97. The Kier molecular flexibility index (Phi) is 13.1. The first-order chi connectivity index (χ1) is 23.4. The Morgan fingerprint density at radius 2 is 1.12 bits per heavy atom. The molecule has 0 N–H and O–H groups in total. The maximum absolute atomic E-state index is 5.75. The molecule has 0 fully saturated rings. The Hall–Kier alpha value is -5.18. The van der Waals surface area contributed by atoms with E-state index in [0.29, 0.717) is 19.8 Å². The SMILES string of the molecule is CC#CCOCC#CC.CC#Cc1c(OC)ccc2ccccc12.COc1ccc2ccccc2c1-c1c(C)c(C)c2c(c1C)COC2. The van der Waals surface area contributed by atoms with Gasteiger partial charge < -0.3 is 18.9 Å². The van der Waals surface area contributed by atoms with E-state index in [0.717, 1.165) is 29.1 Å². The lowest BCUT2D eigenvalue weighted by molar-refractivity contribution is 0.134. The van der Waals surface area contributed by atoms with Crippen LogP contribution in [-0.4, -0.2) is 27.4 Å². The van der Waals surface area contributed by atoms with Crippen LogP contribution in [0.4, 0.5) is 0 Å². The van der Waals surface area contributed by atoms with E-state index in [1.165, 1.54) is 55.1 Å². The largest absolute Gasteiger partial charge is 0.496 e. The molecule has 244 valence electrons. The van der Waals surface area contributed by atoms with Crippen molar-refractivity contribution in [3.8, 4) is 58.1 Å². The van der Waals surface area contributed by atoms with Crippen LogP contribution in [0.15, 0.2) is 72.8 Å². The summed E-state index contributed by atoms with van der Waals surface area (Å²) in [5.74, 6) is 18.8. The standard InChI is InChI=1S/C22H22O2.C14H12O.C8H10O/c1-13-14(2)21(15(3)19-12-24-11-18(13)19)22-17-8-6-5-7-16(17)9-10-20(22)23-4;1-3-6-13-12-8-5-4-7-11(12)9-10-14(13)15-2;1-3-5-7-9-8-6-4-2/h5-10H,11-12H2,1-4H3;4-5,7-10H,1-2H3;7-8H2,1-2H3. The highest BCUT2D eigenvalue weighted by atomic mass is 16.5. The van der Waals surface area contributed by atoms with Crippen LogP contribution >= 0.6 is 0 Å². The molecule has 0 saturated carbocycles. The number of methoxy groups -OCH3 is 2. The molecule has 5 aromatic carbocycles. The highest BCUT2D eigenvalue weighted by molar-refractivity contribution is 6.01. The molecule has 1 aliphatic rings. The van der Waals surface area contributed by atoms with Gasteiger partial charge in [0.25, 0.3) is 0 Å². The Bertz CT molecular complexity index is 2070. The van der Waals surface area contributed by atoms with Crippen molar-refractivity contribution in [1.82, 2.24) is 0 Å². The fourth-order valence-electron chi connectivity index (χ4n) is 5.97. The predicted molar refractivity (Wildman–Crippen MR) is 199 cm³/mol.